The fourth-order valence-electron chi connectivity index (χ4n) is 22.3. The van der Waals surface area contributed by atoms with Crippen LogP contribution >= 0.6 is 11.6 Å². The van der Waals surface area contributed by atoms with E-state index in [0.717, 1.165) is 22.0 Å². The van der Waals surface area contributed by atoms with Crippen LogP contribution in [0.15, 0.2) is 84.2 Å². The first-order valence-electron chi connectivity index (χ1n) is 48.5. The Hall–Kier alpha value is -7.18. The summed E-state index contributed by atoms with van der Waals surface area (Å²) in [6.07, 6.45) is -11.1. The first kappa shape index (κ1) is 110. The van der Waals surface area contributed by atoms with E-state index in [2.05, 4.69) is 20.5 Å². The predicted octanol–water partition coefficient (Wildman–Crippen LogP) is 11.8. The average Bonchev–Trinajstić information content (AvgIpc) is 1.60. The van der Waals surface area contributed by atoms with Crippen molar-refractivity contribution in [1.82, 2.24) is 39.8 Å². The van der Waals surface area contributed by atoms with Crippen molar-refractivity contribution < 1.29 is 125 Å². The lowest BCUT2D eigenvalue weighted by atomic mass is 9.73. The molecule has 16 unspecified atom stereocenters. The number of hydrazine groups is 1. The number of carbonyl (C=O) groups excluding carboxylic acids is 6. The van der Waals surface area contributed by atoms with E-state index >= 15 is 9.59 Å². The molecule has 766 valence electrons. The Morgan fingerprint density at radius 1 is 0.547 bits per heavy atom. The minimum absolute atomic E-state index is 0.0939. The molecule has 0 spiro atoms. The van der Waals surface area contributed by atoms with E-state index in [1.54, 1.807) is 102 Å². The van der Waals surface area contributed by atoms with Crippen molar-refractivity contribution in [2.24, 2.45) is 52.4 Å². The van der Waals surface area contributed by atoms with E-state index < -0.39 is 216 Å². The highest BCUT2D eigenvalue weighted by Gasteiger charge is 2.65. The second kappa shape index (κ2) is 45.2. The van der Waals surface area contributed by atoms with Crippen molar-refractivity contribution in [2.75, 3.05) is 56.6 Å². The summed E-state index contributed by atoms with van der Waals surface area (Å²) in [5.74, 6) is -8.00. The van der Waals surface area contributed by atoms with Gasteiger partial charge in [0, 0.05) is 129 Å². The number of aliphatic hydroxyl groups is 4. The number of ether oxygens (including phenoxy) is 16. The molecule has 2 aromatic heterocycles. The van der Waals surface area contributed by atoms with Crippen LogP contribution in [0, 0.1) is 54.3 Å². The van der Waals surface area contributed by atoms with E-state index in [1.165, 1.54) is 32.6 Å². The van der Waals surface area contributed by atoms with Gasteiger partial charge in [0.05, 0.1) is 102 Å². The second-order valence-electron chi connectivity index (χ2n) is 41.2. The summed E-state index contributed by atoms with van der Waals surface area (Å²) in [5.41, 5.74) is -0.867. The number of carbonyl (C=O) groups is 6. The second-order valence-corrected chi connectivity index (χ2v) is 41.6. The molecule has 8 aliphatic rings. The molecule has 2 amide bonds. The Morgan fingerprint density at radius 2 is 0.985 bits per heavy atom. The van der Waals surface area contributed by atoms with Crippen molar-refractivity contribution in [2.45, 2.75) is 372 Å². The highest BCUT2D eigenvalue weighted by Crippen LogP contribution is 2.49. The number of aryl methyl sites for hydroxylation is 1. The summed E-state index contributed by atoms with van der Waals surface area (Å²) < 4.78 is 105. The van der Waals surface area contributed by atoms with Crippen LogP contribution in [-0.2, 0) is 102 Å². The maximum absolute atomic E-state index is 15.1. The molecule has 35 nitrogen and oxygen atoms in total. The molecule has 12 rings (SSSR count). The third-order valence-corrected chi connectivity index (χ3v) is 31.0. The van der Waals surface area contributed by atoms with Crippen molar-refractivity contribution in [3.05, 3.63) is 101 Å². The van der Waals surface area contributed by atoms with E-state index in [-0.39, 0.29) is 80.9 Å². The molecule has 2 aromatic carbocycles. The van der Waals surface area contributed by atoms with E-state index in [4.69, 9.17) is 87.4 Å². The number of halogens is 1. The van der Waals surface area contributed by atoms with E-state index in [1.807, 2.05) is 173 Å². The molecule has 36 atom stereocenters. The number of benzene rings is 2. The molecule has 0 aliphatic carbocycles. The fourth-order valence-corrected chi connectivity index (χ4v) is 22.5. The number of likely N-dealkylation sites (N-methyl/N-ethyl adjacent to an activating group) is 2. The molecule has 10 heterocycles. The number of cyclic esters (lactones) is 2. The Morgan fingerprint density at radius 3 is 1.42 bits per heavy atom. The van der Waals surface area contributed by atoms with Crippen LogP contribution < -0.4 is 5.43 Å². The Balaban J connectivity index is 0.000000263. The molecule has 4 aromatic rings. The lowest BCUT2D eigenvalue weighted by Crippen LogP contribution is -2.62. The molecule has 0 radical (unpaired) electrons. The minimum Gasteiger partial charge on any atom is -0.458 e. The Labute approximate surface area is 813 Å². The number of esters is 2. The number of methoxy groups -OCH3 is 4. The molecule has 0 bridgehead atoms. The molecule has 137 heavy (non-hydrogen) atoms. The van der Waals surface area contributed by atoms with Crippen molar-refractivity contribution in [3.63, 3.8) is 0 Å². The minimum atomic E-state index is -1.58. The zero-order valence-electron chi connectivity index (χ0n) is 85.5. The molecule has 8 saturated heterocycles. The van der Waals surface area contributed by atoms with Crippen molar-refractivity contribution in [1.29, 1.82) is 0 Å². The van der Waals surface area contributed by atoms with Gasteiger partial charge in [-0.05, 0) is 193 Å². The monoisotopic (exact) mass is 1940 g/mol. The number of nitrogens with one attached hydrogen (secondary N) is 1. The summed E-state index contributed by atoms with van der Waals surface area (Å²) in [5, 5.41) is 53.7. The van der Waals surface area contributed by atoms with Crippen LogP contribution in [0.3, 0.4) is 0 Å². The number of aliphatic hydroxyl groups excluding tert-OH is 4. The van der Waals surface area contributed by atoms with Gasteiger partial charge in [-0.1, -0.05) is 97.3 Å². The number of rotatable bonds is 23. The lowest BCUT2D eigenvalue weighted by Gasteiger charge is -2.50. The van der Waals surface area contributed by atoms with Gasteiger partial charge in [-0.15, -0.1) is 0 Å². The largest absolute Gasteiger partial charge is 0.458 e. The molecule has 8 fully saturated rings. The fraction of sp³-hybridized carbons (Fsp3) is 0.733. The molecule has 5 N–H and O–H groups in total. The van der Waals surface area contributed by atoms with Crippen molar-refractivity contribution >= 4 is 53.5 Å². The number of nitrogens with zero attached hydrogens (tertiary/aromatic N) is 8. The zero-order chi connectivity index (χ0) is 101. The molecule has 0 saturated carbocycles. The third-order valence-electron chi connectivity index (χ3n) is 30.8. The third kappa shape index (κ3) is 23.4. The normalized spacial score (nSPS) is 40.8. The topological polar surface area (TPSA) is 399 Å². The molecular formula is C101H154ClN9O26. The summed E-state index contributed by atoms with van der Waals surface area (Å²) in [6, 6.07) is 18.1. The number of ketones is 2. The van der Waals surface area contributed by atoms with Crippen LogP contribution in [0.2, 0.25) is 5.02 Å². The maximum atomic E-state index is 15.1. The summed E-state index contributed by atoms with van der Waals surface area (Å²) in [7, 11) is 13.6. The van der Waals surface area contributed by atoms with Crippen LogP contribution in [0.4, 0.5) is 9.59 Å². The highest BCUT2D eigenvalue weighted by atomic mass is 35.5. The van der Waals surface area contributed by atoms with E-state index in [0.29, 0.717) is 34.9 Å². The van der Waals surface area contributed by atoms with Crippen LogP contribution in [-0.4, -0.2) is 322 Å². The Kier molecular flexibility index (Phi) is 36.3. The summed E-state index contributed by atoms with van der Waals surface area (Å²) in [4.78, 5) is 102. The number of hydrazone groups is 1. The van der Waals surface area contributed by atoms with Crippen LogP contribution in [0.25, 0.3) is 17.1 Å². The maximum Gasteiger partial charge on any atom is 0.431 e. The number of Topliss-reactive ketones (excluding diaryl/α,β-unsaturated/α-hetero) is 2. The smallest absolute Gasteiger partial charge is 0.431 e. The quantitative estimate of drug-likeness (QED) is 0.0261. The van der Waals surface area contributed by atoms with E-state index in [9.17, 15) is 39.6 Å². The number of fused-ring (bicyclic) bond motifs is 2. The SMILES string of the molecule is CC[C@H]1OC(=O)[C@H](C)[C@@H](OC2CC(C)(OC)C(O)C(C)O2)[C@H](C)[C@@H](OC2OC(C)CC(N(C)C)C2O)[C@](C)(OC)C[C@@H](C)C(=O)[C@H](C)[C@H]2N(/N=C/c3cnc(-c4ccccc4)nc3C)C(=O)O[C@]12C.CC[C@H]1OC(=O)[C@H](C)[C@@H](OC2CC(C)(OC)C(O)C(C)O2)[C@H](C)[C@@H](OC2OC(C)CC(N(C)C)C2O)[C@](C)(OC)C[C@@H](C)C(=O)[C@H](C)[C@H]2N(NCc3cccn3-c3ccc(Cl)cc3)C(=O)O[C@]12C. The number of amides is 2. The number of hydrogen-bond donors (Lipinski definition) is 5. The first-order valence-corrected chi connectivity index (χ1v) is 48.8. The summed E-state index contributed by atoms with van der Waals surface area (Å²) >= 11 is 6.19. The highest BCUT2D eigenvalue weighted by molar-refractivity contribution is 6.30. The van der Waals surface area contributed by atoms with Gasteiger partial charge in [0.25, 0.3) is 0 Å². The van der Waals surface area contributed by atoms with Gasteiger partial charge >= 0.3 is 24.1 Å². The zero-order valence-corrected chi connectivity index (χ0v) is 86.2. The van der Waals surface area contributed by atoms with Crippen molar-refractivity contribution in [3.8, 4) is 17.1 Å². The van der Waals surface area contributed by atoms with Gasteiger partial charge in [-0.3, -0.25) is 19.2 Å². The number of hydrogen-bond acceptors (Lipinski definition) is 32. The Bertz CT molecular complexity index is 4760. The molecule has 8 aliphatic heterocycles. The van der Waals surface area contributed by atoms with Crippen LogP contribution in [0.1, 0.15) is 207 Å². The van der Waals surface area contributed by atoms with Gasteiger partial charge in [0.15, 0.2) is 42.2 Å². The lowest BCUT2D eigenvalue weighted by molar-refractivity contribution is -0.319. The average molecular weight is 1950 g/mol. The van der Waals surface area contributed by atoms with Gasteiger partial charge in [-0.2, -0.15) is 10.1 Å². The van der Waals surface area contributed by atoms with Gasteiger partial charge in [0.1, 0.15) is 60.3 Å². The predicted molar refractivity (Wildman–Crippen MR) is 507 cm³/mol. The van der Waals surface area contributed by atoms with Gasteiger partial charge in [-0.25, -0.2) is 30.0 Å². The summed E-state index contributed by atoms with van der Waals surface area (Å²) in [6.45, 7) is 37.8. The van der Waals surface area contributed by atoms with Crippen LogP contribution in [0.5, 0.6) is 0 Å². The standard InChI is InChI=1S/C51H77N5O13.C50H77ClN4O13/c1-16-37-51(11)42(56(48(61)69-51)53-26-35-25-52-45(54-32(35)7)34-20-18-17-19-21-34)29(4)39(57)27(2)23-50(10,63-15)44(68-47-40(58)36(55(12)13)22-28(3)64-47)30(5)41(31(6)46(60)66-37)67-38-24-49(9,62-14)43(59)33(8)65-38;1-15-37-50(10)42(55(47(60)68-50)52-26-35-17-16-22-54(35)34-20-18-33(51)19-21-34)29(4)39(56)27(2)24-49(9,62-14)44(67-46-40(57)36(53(11)12)23-28(3)63-46)30(5)41(31(6)45(59)65-37)66-38-25-48(8,61-13)43(58)32(7)64-38/h17-21,25-31,33,36-38,40-44,47,58-59H,16,22-24H2,1-15H3;16-22,27-32,36-38,40-44,46,52,57-58H,15,23-26H2,1-14H3/b53-26+;/t27-,28?,29+,30+,31-,33?,36?,37-,38?,40?,41+,42-,43?,44-,47?,49?,50-,51-;27-,28?,29+,30+,31-,32?,36?,37-,38?,40?,41+,42-,43?,44-,46?,48?,49-,50-/m11/s1. The first-order chi connectivity index (χ1) is 64.3. The van der Waals surface area contributed by atoms with Gasteiger partial charge in [0.2, 0.25) is 0 Å². The number of aromatic nitrogens is 3. The molecule has 36 heteroatoms. The molecular weight excluding hydrogens is 1790 g/mol. The van der Waals surface area contributed by atoms with Gasteiger partial charge < -0.3 is 111 Å².